The van der Waals surface area contributed by atoms with E-state index in [0.29, 0.717) is 0 Å². The summed E-state index contributed by atoms with van der Waals surface area (Å²) < 4.78 is 5.66. The maximum absolute atomic E-state index is 5.66. The van der Waals surface area contributed by atoms with Crippen molar-refractivity contribution in [3.8, 4) is 0 Å². The van der Waals surface area contributed by atoms with E-state index in [0.717, 1.165) is 25.2 Å². The fraction of sp³-hybridized carbons (Fsp3) is 0.778. The van der Waals surface area contributed by atoms with E-state index in [1.807, 2.05) is 0 Å². The number of rotatable bonds is 1. The maximum Gasteiger partial charge on any atom is 0.289 e. The first-order valence-electron chi connectivity index (χ1n) is 4.92. The largest absolute Gasteiger partial charge is 0.459 e. The molecule has 14 heavy (non-hydrogen) atoms. The number of hydrogen-bond acceptors (Lipinski definition) is 2. The summed E-state index contributed by atoms with van der Waals surface area (Å²) in [5.41, 5.74) is 10.8. The second-order valence-electron chi connectivity index (χ2n) is 4.22. The van der Waals surface area contributed by atoms with Gasteiger partial charge in [0.2, 0.25) is 0 Å². The smallest absolute Gasteiger partial charge is 0.289 e. The molecule has 2 rings (SSSR count). The molecule has 2 fully saturated rings. The standard InChI is InChI=1S/C9H15N3OS/c10-7(12-8(11)14)13-9-3-1-6(5-9)2-4-9/h6H,1-5H2,(H4,10,11,12,14). The minimum atomic E-state index is -0.0525. The number of amidine groups is 1. The molecule has 2 saturated carbocycles. The molecule has 4 nitrogen and oxygen atoms in total. The molecular weight excluding hydrogens is 198 g/mol. The van der Waals surface area contributed by atoms with Gasteiger partial charge < -0.3 is 16.2 Å². The van der Waals surface area contributed by atoms with Crippen LogP contribution in [0.2, 0.25) is 0 Å². The number of aliphatic imine (C=N–C) groups is 1. The molecule has 2 aliphatic rings. The van der Waals surface area contributed by atoms with Gasteiger partial charge in [0.05, 0.1) is 0 Å². The average Bonchev–Trinajstić information content (AvgIpc) is 2.60. The molecule has 0 unspecified atom stereocenters. The van der Waals surface area contributed by atoms with E-state index in [9.17, 15) is 0 Å². The topological polar surface area (TPSA) is 73.6 Å². The van der Waals surface area contributed by atoms with Crippen molar-refractivity contribution in [2.75, 3.05) is 0 Å². The predicted molar refractivity (Wildman–Crippen MR) is 58.8 cm³/mol. The van der Waals surface area contributed by atoms with Crippen molar-refractivity contribution in [3.05, 3.63) is 0 Å². The van der Waals surface area contributed by atoms with Crippen LogP contribution in [0.5, 0.6) is 0 Å². The Kier molecular flexibility index (Phi) is 2.34. The molecule has 78 valence electrons. The molecule has 0 spiro atoms. The molecule has 5 heteroatoms. The number of nitrogens with zero attached hydrogens (tertiary/aromatic N) is 1. The summed E-state index contributed by atoms with van der Waals surface area (Å²) in [6, 6.07) is 0.125. The lowest BCUT2D eigenvalue weighted by molar-refractivity contribution is 0.0650. The van der Waals surface area contributed by atoms with E-state index >= 15 is 0 Å². The summed E-state index contributed by atoms with van der Waals surface area (Å²) in [4.78, 5) is 3.73. The number of thiocarbonyl (C=S) groups is 1. The van der Waals surface area contributed by atoms with E-state index in [1.54, 1.807) is 0 Å². The monoisotopic (exact) mass is 213 g/mol. The molecule has 0 radical (unpaired) electrons. The summed E-state index contributed by atoms with van der Waals surface area (Å²) in [6.07, 6.45) is 5.79. The molecule has 0 heterocycles. The molecule has 2 bridgehead atoms. The predicted octanol–water partition coefficient (Wildman–Crippen LogP) is 0.894. The highest BCUT2D eigenvalue weighted by Gasteiger charge is 2.47. The lowest BCUT2D eigenvalue weighted by atomic mass is 9.97. The summed E-state index contributed by atoms with van der Waals surface area (Å²) in [6.45, 7) is 0. The van der Waals surface area contributed by atoms with Crippen molar-refractivity contribution in [1.82, 2.24) is 0 Å². The molecule has 0 atom stereocenters. The van der Waals surface area contributed by atoms with Crippen molar-refractivity contribution < 1.29 is 4.74 Å². The van der Waals surface area contributed by atoms with Gasteiger partial charge >= 0.3 is 0 Å². The average molecular weight is 213 g/mol. The Labute approximate surface area is 88.7 Å². The number of nitrogens with two attached hydrogens (primary N) is 2. The third kappa shape index (κ3) is 1.82. The van der Waals surface area contributed by atoms with Crippen LogP contribution in [0.15, 0.2) is 4.99 Å². The van der Waals surface area contributed by atoms with Crippen molar-refractivity contribution in [3.63, 3.8) is 0 Å². The fourth-order valence-corrected chi connectivity index (χ4v) is 2.72. The zero-order valence-corrected chi connectivity index (χ0v) is 8.85. The van der Waals surface area contributed by atoms with E-state index in [-0.39, 0.29) is 16.7 Å². The van der Waals surface area contributed by atoms with Crippen molar-refractivity contribution in [1.29, 1.82) is 0 Å². The number of fused-ring (bicyclic) bond motifs is 2. The van der Waals surface area contributed by atoms with Crippen molar-refractivity contribution in [2.45, 2.75) is 37.7 Å². The van der Waals surface area contributed by atoms with Crippen molar-refractivity contribution >= 4 is 23.4 Å². The Balaban J connectivity index is 2.00. The molecule has 0 aromatic heterocycles. The van der Waals surface area contributed by atoms with Gasteiger partial charge in [0, 0.05) is 0 Å². The minimum Gasteiger partial charge on any atom is -0.459 e. The van der Waals surface area contributed by atoms with Crippen LogP contribution in [0.1, 0.15) is 32.1 Å². The van der Waals surface area contributed by atoms with Crippen LogP contribution < -0.4 is 11.5 Å². The molecule has 0 aromatic rings. The minimum absolute atomic E-state index is 0.0337. The second-order valence-corrected chi connectivity index (χ2v) is 4.64. The molecule has 2 aliphatic carbocycles. The lowest BCUT2D eigenvalue weighted by Crippen LogP contribution is -2.34. The Morgan fingerprint density at radius 3 is 2.43 bits per heavy atom. The van der Waals surface area contributed by atoms with Gasteiger partial charge in [-0.2, -0.15) is 4.99 Å². The Bertz CT molecular complexity index is 282. The van der Waals surface area contributed by atoms with Crippen LogP contribution in [0.25, 0.3) is 0 Å². The molecule has 0 amide bonds. The Morgan fingerprint density at radius 1 is 1.36 bits per heavy atom. The van der Waals surface area contributed by atoms with Gasteiger partial charge in [-0.25, -0.2) is 0 Å². The molecule has 0 aromatic carbocycles. The quantitative estimate of drug-likeness (QED) is 0.385. The van der Waals surface area contributed by atoms with Crippen LogP contribution in [-0.2, 0) is 4.74 Å². The third-order valence-electron chi connectivity index (χ3n) is 3.22. The van der Waals surface area contributed by atoms with E-state index < -0.39 is 0 Å². The maximum atomic E-state index is 5.66. The van der Waals surface area contributed by atoms with Gasteiger partial charge in [0.15, 0.2) is 5.11 Å². The van der Waals surface area contributed by atoms with Gasteiger partial charge in [-0.1, -0.05) is 0 Å². The van der Waals surface area contributed by atoms with Crippen LogP contribution >= 0.6 is 12.2 Å². The molecule has 0 aliphatic heterocycles. The number of ether oxygens (including phenoxy) is 1. The molecule has 0 saturated heterocycles. The summed E-state index contributed by atoms with van der Waals surface area (Å²) >= 11 is 4.63. The van der Waals surface area contributed by atoms with Crippen LogP contribution in [0.3, 0.4) is 0 Å². The third-order valence-corrected chi connectivity index (χ3v) is 3.31. The molecular formula is C9H15N3OS. The Morgan fingerprint density at radius 2 is 2.00 bits per heavy atom. The van der Waals surface area contributed by atoms with E-state index in [2.05, 4.69) is 17.2 Å². The first-order chi connectivity index (χ1) is 6.60. The SMILES string of the molecule is NC(=S)/N=C(\N)OC12CCC(CC1)C2. The van der Waals surface area contributed by atoms with Gasteiger partial charge in [-0.05, 0) is 50.2 Å². The normalized spacial score (nSPS) is 36.0. The van der Waals surface area contributed by atoms with Crippen LogP contribution in [-0.4, -0.2) is 16.7 Å². The van der Waals surface area contributed by atoms with Crippen LogP contribution in [0, 0.1) is 5.92 Å². The zero-order valence-electron chi connectivity index (χ0n) is 8.03. The highest BCUT2D eigenvalue weighted by Crippen LogP contribution is 2.49. The zero-order chi connectivity index (χ0) is 10.2. The van der Waals surface area contributed by atoms with E-state index in [1.165, 1.54) is 12.8 Å². The summed E-state index contributed by atoms with van der Waals surface area (Å²) in [5.74, 6) is 0.827. The first-order valence-corrected chi connectivity index (χ1v) is 5.33. The van der Waals surface area contributed by atoms with Crippen molar-refractivity contribution in [2.24, 2.45) is 22.4 Å². The fourth-order valence-electron chi connectivity index (χ4n) is 2.64. The summed E-state index contributed by atoms with van der Waals surface area (Å²) in [7, 11) is 0. The summed E-state index contributed by atoms with van der Waals surface area (Å²) in [5, 5.41) is 0.0337. The highest BCUT2D eigenvalue weighted by atomic mass is 32.1. The first kappa shape index (κ1) is 9.71. The second kappa shape index (κ2) is 3.38. The molecule has 4 N–H and O–H groups in total. The van der Waals surface area contributed by atoms with E-state index in [4.69, 9.17) is 16.2 Å². The number of hydrogen-bond donors (Lipinski definition) is 2. The van der Waals surface area contributed by atoms with Gasteiger partial charge in [-0.15, -0.1) is 0 Å². The Hall–Kier alpha value is -0.840. The highest BCUT2D eigenvalue weighted by molar-refractivity contribution is 7.80. The lowest BCUT2D eigenvalue weighted by Gasteiger charge is -2.26. The van der Waals surface area contributed by atoms with Gasteiger partial charge in [0.25, 0.3) is 6.02 Å². The van der Waals surface area contributed by atoms with Gasteiger partial charge in [0.1, 0.15) is 5.60 Å². The van der Waals surface area contributed by atoms with Crippen LogP contribution in [0.4, 0.5) is 0 Å². The van der Waals surface area contributed by atoms with Gasteiger partial charge in [-0.3, -0.25) is 0 Å².